The Bertz CT molecular complexity index is 3090. The number of esters is 3. The van der Waals surface area contributed by atoms with E-state index in [0.29, 0.717) is 73.4 Å². The van der Waals surface area contributed by atoms with Crippen molar-refractivity contribution in [3.8, 4) is 0 Å². The Balaban J connectivity index is 0.000000145. The molecular weight excluding hydrogens is 825 g/mol. The summed E-state index contributed by atoms with van der Waals surface area (Å²) in [7, 11) is 4.02. The maximum Gasteiger partial charge on any atom is 0.354 e. The zero-order chi connectivity index (χ0) is 45.5. The molecule has 9 aromatic heterocycles. The first-order valence-corrected chi connectivity index (χ1v) is 20.8. The van der Waals surface area contributed by atoms with Crippen LogP contribution in [0.1, 0.15) is 94.3 Å². The molecule has 64 heavy (non-hydrogen) atoms. The summed E-state index contributed by atoms with van der Waals surface area (Å²) < 4.78 is 31.8. The van der Waals surface area contributed by atoms with Crippen molar-refractivity contribution < 1.29 is 42.9 Å². The van der Waals surface area contributed by atoms with Gasteiger partial charge in [0.05, 0.1) is 42.1 Å². The van der Waals surface area contributed by atoms with Gasteiger partial charge in [0.2, 0.25) is 6.29 Å². The molecule has 0 bridgehead atoms. The van der Waals surface area contributed by atoms with Crippen molar-refractivity contribution in [1.82, 2.24) is 48.0 Å². The first-order chi connectivity index (χ1) is 31.0. The number of carbonyl (C=O) groups excluding carboxylic acids is 4. The summed E-state index contributed by atoms with van der Waals surface area (Å²) in [5.41, 5.74) is 7.98. The lowest BCUT2D eigenvalue weighted by molar-refractivity contribution is -0.142. The highest BCUT2D eigenvalue weighted by atomic mass is 16.7. The number of H-pyrrole nitrogens is 3. The molecule has 0 aliphatic rings. The van der Waals surface area contributed by atoms with Gasteiger partial charge in [-0.2, -0.15) is 0 Å². The smallest absolute Gasteiger partial charge is 0.354 e. The second-order valence-electron chi connectivity index (χ2n) is 14.5. The number of aromatic nitrogens is 9. The molecule has 0 atom stereocenters. The van der Waals surface area contributed by atoms with E-state index in [-0.39, 0.29) is 11.9 Å². The third-order valence-corrected chi connectivity index (χ3v) is 9.72. The topological polar surface area (TPSA) is 217 Å². The summed E-state index contributed by atoms with van der Waals surface area (Å²) in [6.07, 6.45) is 11.3. The van der Waals surface area contributed by atoms with Crippen LogP contribution in [0.5, 0.6) is 0 Å². The number of aldehydes is 1. The molecule has 19 nitrogen and oxygen atoms in total. The number of hydrogen-bond donors (Lipinski definition) is 3. The molecule has 9 rings (SSSR count). The third-order valence-electron chi connectivity index (χ3n) is 9.72. The highest BCUT2D eigenvalue weighted by Gasteiger charge is 2.19. The number of imidazole rings is 3. The number of carbonyl (C=O) groups is 4. The molecule has 0 saturated heterocycles. The van der Waals surface area contributed by atoms with Gasteiger partial charge in [-0.15, -0.1) is 0 Å². The van der Waals surface area contributed by atoms with Gasteiger partial charge in [0, 0.05) is 73.1 Å². The normalized spacial score (nSPS) is 11.5. The number of pyridine rings is 3. The number of nitrogens with zero attached hydrogens (tertiary/aromatic N) is 7. The molecule has 0 saturated carbocycles. The van der Waals surface area contributed by atoms with Crippen LogP contribution >= 0.6 is 0 Å². The summed E-state index contributed by atoms with van der Waals surface area (Å²) in [5, 5.41) is 2.54. The molecule has 0 aliphatic carbocycles. The fourth-order valence-electron chi connectivity index (χ4n) is 7.08. The predicted molar refractivity (Wildman–Crippen MR) is 238 cm³/mol. The van der Waals surface area contributed by atoms with E-state index in [4.69, 9.17) is 23.7 Å². The van der Waals surface area contributed by atoms with Crippen LogP contribution in [0.2, 0.25) is 0 Å². The molecule has 9 aromatic rings. The maximum atomic E-state index is 11.9. The Morgan fingerprint density at radius 2 is 1.03 bits per heavy atom. The minimum Gasteiger partial charge on any atom is -0.461 e. The van der Waals surface area contributed by atoms with Crippen LogP contribution < -0.4 is 0 Å². The lowest BCUT2D eigenvalue weighted by Crippen LogP contribution is -2.10. The van der Waals surface area contributed by atoms with Gasteiger partial charge in [0.15, 0.2) is 6.29 Å². The van der Waals surface area contributed by atoms with Crippen LogP contribution in [0.3, 0.4) is 0 Å². The largest absolute Gasteiger partial charge is 0.461 e. The van der Waals surface area contributed by atoms with E-state index in [9.17, 15) is 19.2 Å². The highest BCUT2D eigenvalue weighted by molar-refractivity contribution is 6.02. The van der Waals surface area contributed by atoms with E-state index in [2.05, 4.69) is 34.8 Å². The quantitative estimate of drug-likeness (QED) is 0.0438. The second kappa shape index (κ2) is 19.8. The van der Waals surface area contributed by atoms with Crippen molar-refractivity contribution in [2.45, 2.75) is 47.5 Å². The van der Waals surface area contributed by atoms with Gasteiger partial charge < -0.3 is 56.7 Å². The molecule has 3 N–H and O–H groups in total. The van der Waals surface area contributed by atoms with Gasteiger partial charge in [-0.05, 0) is 85.1 Å². The summed E-state index contributed by atoms with van der Waals surface area (Å²) in [6.45, 7) is 12.0. The van der Waals surface area contributed by atoms with Gasteiger partial charge in [0.1, 0.15) is 45.4 Å². The number of fused-ring (bicyclic) bond motifs is 9. The third kappa shape index (κ3) is 9.50. The molecule has 9 heterocycles. The zero-order valence-corrected chi connectivity index (χ0v) is 36.6. The molecule has 0 radical (unpaired) electrons. The maximum absolute atomic E-state index is 11.9. The number of aromatic amines is 3. The molecular formula is C45H50N10O9. The predicted octanol–water partition coefficient (Wildman–Crippen LogP) is 6.92. The van der Waals surface area contributed by atoms with Crippen molar-refractivity contribution in [3.05, 3.63) is 108 Å². The number of rotatable bonds is 14. The van der Waals surface area contributed by atoms with E-state index in [1.165, 1.54) is 0 Å². The standard InChI is InChI=1S/C17H21N3O4.C15H18N4O2.C13H11N3O3/c1-4-22-16(21)13-9-11-12(18-13)7-8-20-10-14(19-15(11)20)17(23-5-2)24-6-3;1-4-21-15(20)13-7-11-12(17-13)5-6-19-9-10(8-18(2)3)16-14(11)19;1-2-19-13(18)11-5-9-10(15-11)3-4-16-6-8(7-17)14-12(9)16/h7-10,17-18H,4-6H2,1-3H3;5-7,9,17H,4,8H2,1-3H3;3-7,15H,2H2,1H3. The van der Waals surface area contributed by atoms with Gasteiger partial charge in [-0.3, -0.25) is 4.79 Å². The minimum absolute atomic E-state index is 0.322. The molecule has 0 aromatic carbocycles. The van der Waals surface area contributed by atoms with E-state index >= 15 is 0 Å². The van der Waals surface area contributed by atoms with Gasteiger partial charge in [-0.1, -0.05) is 0 Å². The molecule has 0 amide bonds. The van der Waals surface area contributed by atoms with Gasteiger partial charge >= 0.3 is 17.9 Å². The van der Waals surface area contributed by atoms with E-state index < -0.39 is 12.3 Å². The van der Waals surface area contributed by atoms with E-state index in [1.54, 1.807) is 55.8 Å². The van der Waals surface area contributed by atoms with Crippen LogP contribution in [0.25, 0.3) is 49.7 Å². The fraction of sp³-hybridized carbons (Fsp3) is 0.311. The zero-order valence-electron chi connectivity index (χ0n) is 36.6. The van der Waals surface area contributed by atoms with E-state index in [0.717, 1.165) is 56.2 Å². The van der Waals surface area contributed by atoms with Gasteiger partial charge in [0.25, 0.3) is 0 Å². The summed E-state index contributed by atoms with van der Waals surface area (Å²) >= 11 is 0. The van der Waals surface area contributed by atoms with Crippen molar-refractivity contribution in [2.24, 2.45) is 0 Å². The second-order valence-corrected chi connectivity index (χ2v) is 14.5. The Kier molecular flexibility index (Phi) is 13.8. The lowest BCUT2D eigenvalue weighted by atomic mass is 10.3. The van der Waals surface area contributed by atoms with Crippen LogP contribution in [0.4, 0.5) is 0 Å². The van der Waals surface area contributed by atoms with Gasteiger partial charge in [-0.25, -0.2) is 29.3 Å². The Morgan fingerprint density at radius 1 is 0.609 bits per heavy atom. The van der Waals surface area contributed by atoms with Crippen molar-refractivity contribution >= 4 is 73.8 Å². The van der Waals surface area contributed by atoms with Crippen LogP contribution in [0.15, 0.2) is 73.6 Å². The molecule has 0 unspecified atom stereocenters. The van der Waals surface area contributed by atoms with Crippen LogP contribution in [-0.4, -0.2) is 119 Å². The number of ether oxygens (including phenoxy) is 5. The average Bonchev–Trinajstić information content (AvgIpc) is 4.13. The monoisotopic (exact) mass is 874 g/mol. The molecule has 0 aliphatic heterocycles. The fourth-order valence-corrected chi connectivity index (χ4v) is 7.08. The van der Waals surface area contributed by atoms with E-state index in [1.807, 2.05) is 79.7 Å². The summed E-state index contributed by atoms with van der Waals surface area (Å²) in [6, 6.07) is 10.9. The first-order valence-electron chi connectivity index (χ1n) is 20.8. The van der Waals surface area contributed by atoms with Crippen LogP contribution in [-0.2, 0) is 30.2 Å². The molecule has 334 valence electrons. The Morgan fingerprint density at radius 3 is 1.45 bits per heavy atom. The average molecular weight is 875 g/mol. The Labute approximate surface area is 366 Å². The minimum atomic E-state index is -0.501. The highest BCUT2D eigenvalue weighted by Crippen LogP contribution is 2.26. The molecule has 0 spiro atoms. The van der Waals surface area contributed by atoms with Crippen LogP contribution in [0, 0.1) is 0 Å². The lowest BCUT2D eigenvalue weighted by Gasteiger charge is -2.13. The molecule has 0 fully saturated rings. The number of nitrogens with one attached hydrogen (secondary N) is 3. The number of hydrogen-bond acceptors (Lipinski definition) is 13. The summed E-state index contributed by atoms with van der Waals surface area (Å²) in [5.74, 6) is -1.12. The summed E-state index contributed by atoms with van der Waals surface area (Å²) in [4.78, 5) is 70.9. The molecule has 19 heteroatoms. The first kappa shape index (κ1) is 44.7. The Hall–Kier alpha value is -7.35. The van der Waals surface area contributed by atoms with Crippen molar-refractivity contribution in [2.75, 3.05) is 47.1 Å². The SMILES string of the molecule is CCOC(=O)c1cc2c(ccn3cc(C(OCC)OCC)nc23)[nH]1.CCOC(=O)c1cc2c(ccn3cc(C=O)nc23)[nH]1.CCOC(=O)c1cc2c(ccn3cc(CN(C)C)nc23)[nH]1. The van der Waals surface area contributed by atoms with Crippen molar-refractivity contribution in [1.29, 1.82) is 0 Å². The van der Waals surface area contributed by atoms with Crippen molar-refractivity contribution in [3.63, 3.8) is 0 Å².